The number of fused-ring (bicyclic) bond motifs is 1. The van der Waals surface area contributed by atoms with E-state index in [1.807, 2.05) is 6.07 Å². The van der Waals surface area contributed by atoms with E-state index in [1.165, 1.54) is 6.92 Å². The summed E-state index contributed by atoms with van der Waals surface area (Å²) in [5.74, 6) is -0.767. The van der Waals surface area contributed by atoms with Gasteiger partial charge in [0, 0.05) is 75.7 Å². The first-order chi connectivity index (χ1) is 22.5. The number of piperazine rings is 1. The van der Waals surface area contributed by atoms with Gasteiger partial charge in [-0.1, -0.05) is 18.2 Å². The number of nitrogens with one attached hydrogen (secondary N) is 2. The molecule has 13 heteroatoms. The summed E-state index contributed by atoms with van der Waals surface area (Å²) in [6.45, 7) is 8.89. The van der Waals surface area contributed by atoms with Gasteiger partial charge in [0.1, 0.15) is 17.1 Å². The molecule has 0 unspecified atom stereocenters. The van der Waals surface area contributed by atoms with Crippen molar-refractivity contribution in [3.8, 4) is 5.75 Å². The number of aromatic nitrogens is 2. The van der Waals surface area contributed by atoms with Crippen molar-refractivity contribution in [2.75, 3.05) is 61.8 Å². The van der Waals surface area contributed by atoms with Crippen LogP contribution in [-0.2, 0) is 12.6 Å². The molecule has 3 aromatic rings. The van der Waals surface area contributed by atoms with Crippen molar-refractivity contribution in [2.45, 2.75) is 51.7 Å². The predicted molar refractivity (Wildman–Crippen MR) is 174 cm³/mol. The van der Waals surface area contributed by atoms with Crippen molar-refractivity contribution in [1.29, 1.82) is 0 Å². The molecule has 0 spiro atoms. The number of alkyl halides is 4. The second kappa shape index (κ2) is 13.5. The fourth-order valence-corrected chi connectivity index (χ4v) is 6.45. The highest BCUT2D eigenvalue weighted by Crippen LogP contribution is 2.39. The summed E-state index contributed by atoms with van der Waals surface area (Å²) in [5, 5.41) is 5.67. The summed E-state index contributed by atoms with van der Waals surface area (Å²) in [6, 6.07) is 10.8. The van der Waals surface area contributed by atoms with Crippen LogP contribution in [0.1, 0.15) is 48.2 Å². The standard InChI is InChI=1S/C34H39F4N7O2/c1-21-7-8-23-5-4-6-28(30(23)31(21)46)40-32-26(34(36,37)38)20-39-33(42-32)41-27-10-9-25(19-29(27)47-22(2)35)44-13-11-24(12-14-44)45-17-15-43(3)16-18-45/h4-7,9-10,19-20,22,24H,8,11-18H2,1-3H3,(H2,39,40,41,42)/t22-/m0/s1. The zero-order chi connectivity index (χ0) is 33.3. The van der Waals surface area contributed by atoms with Gasteiger partial charge in [-0.3, -0.25) is 9.69 Å². The molecule has 1 atom stereocenters. The normalized spacial score (nSPS) is 18.8. The first-order valence-electron chi connectivity index (χ1n) is 15.9. The van der Waals surface area contributed by atoms with E-state index in [4.69, 9.17) is 4.74 Å². The Hall–Kier alpha value is -4.23. The number of piperidine rings is 1. The van der Waals surface area contributed by atoms with E-state index in [-0.39, 0.29) is 23.2 Å². The predicted octanol–water partition coefficient (Wildman–Crippen LogP) is 6.58. The Kier molecular flexibility index (Phi) is 9.38. The van der Waals surface area contributed by atoms with Crippen molar-refractivity contribution in [3.63, 3.8) is 0 Å². The number of rotatable bonds is 8. The molecule has 2 aliphatic heterocycles. The zero-order valence-electron chi connectivity index (χ0n) is 26.7. The zero-order valence-corrected chi connectivity index (χ0v) is 26.7. The minimum Gasteiger partial charge on any atom is -0.458 e. The molecule has 250 valence electrons. The maximum atomic E-state index is 14.2. The highest BCUT2D eigenvalue weighted by molar-refractivity contribution is 6.14. The maximum Gasteiger partial charge on any atom is 0.421 e. The largest absolute Gasteiger partial charge is 0.458 e. The summed E-state index contributed by atoms with van der Waals surface area (Å²) in [5.41, 5.74) is 1.81. The van der Waals surface area contributed by atoms with E-state index in [2.05, 4.69) is 42.3 Å². The first kappa shape index (κ1) is 32.7. The number of carbonyl (C=O) groups is 1. The number of hydrogen-bond acceptors (Lipinski definition) is 9. The van der Waals surface area contributed by atoms with E-state index in [0.717, 1.165) is 57.8 Å². The van der Waals surface area contributed by atoms with Gasteiger partial charge in [-0.2, -0.15) is 18.2 Å². The van der Waals surface area contributed by atoms with Gasteiger partial charge < -0.3 is 25.2 Å². The first-order valence-corrected chi connectivity index (χ1v) is 15.9. The van der Waals surface area contributed by atoms with Crippen LogP contribution in [0.25, 0.3) is 0 Å². The smallest absolute Gasteiger partial charge is 0.421 e. The van der Waals surface area contributed by atoms with E-state index in [0.29, 0.717) is 41.0 Å². The summed E-state index contributed by atoms with van der Waals surface area (Å²) in [7, 11) is 2.15. The Bertz CT molecular complexity index is 1650. The minimum absolute atomic E-state index is 0.162. The number of hydrogen-bond donors (Lipinski definition) is 2. The molecule has 0 radical (unpaired) electrons. The second-order valence-corrected chi connectivity index (χ2v) is 12.4. The molecule has 47 heavy (non-hydrogen) atoms. The van der Waals surface area contributed by atoms with Crippen molar-refractivity contribution in [1.82, 2.24) is 19.8 Å². The van der Waals surface area contributed by atoms with E-state index in [9.17, 15) is 22.4 Å². The molecule has 2 fully saturated rings. The molecule has 6 rings (SSSR count). The highest BCUT2D eigenvalue weighted by Gasteiger charge is 2.36. The van der Waals surface area contributed by atoms with E-state index in [1.54, 1.807) is 43.3 Å². The third-order valence-corrected chi connectivity index (χ3v) is 9.10. The van der Waals surface area contributed by atoms with Crippen molar-refractivity contribution in [3.05, 3.63) is 70.9 Å². The molecular formula is C34H39F4N7O2. The van der Waals surface area contributed by atoms with Gasteiger partial charge in [-0.15, -0.1) is 0 Å². The van der Waals surface area contributed by atoms with Crippen molar-refractivity contribution in [2.24, 2.45) is 0 Å². The van der Waals surface area contributed by atoms with Gasteiger partial charge in [0.05, 0.1) is 11.4 Å². The van der Waals surface area contributed by atoms with Gasteiger partial charge in [-0.25, -0.2) is 9.37 Å². The number of allylic oxidation sites excluding steroid dienone is 2. The van der Waals surface area contributed by atoms with Crippen LogP contribution in [-0.4, -0.2) is 84.3 Å². The van der Waals surface area contributed by atoms with Gasteiger partial charge in [-0.05, 0) is 62.6 Å². The maximum absolute atomic E-state index is 14.2. The lowest BCUT2D eigenvalue weighted by Gasteiger charge is -2.42. The van der Waals surface area contributed by atoms with E-state index >= 15 is 0 Å². The fraction of sp³-hybridized carbons (Fsp3) is 0.441. The van der Waals surface area contributed by atoms with Crippen LogP contribution in [0.15, 0.2) is 54.2 Å². The van der Waals surface area contributed by atoms with Crippen LogP contribution in [0.4, 0.5) is 46.4 Å². The van der Waals surface area contributed by atoms with Crippen molar-refractivity contribution >= 4 is 34.6 Å². The minimum atomic E-state index is -4.77. The third kappa shape index (κ3) is 7.36. The number of anilines is 5. The number of carbonyl (C=O) groups excluding carboxylic acids is 1. The van der Waals surface area contributed by atoms with Gasteiger partial charge in [0.2, 0.25) is 12.3 Å². The van der Waals surface area contributed by atoms with Crippen LogP contribution >= 0.6 is 0 Å². The SMILES string of the molecule is CC1=CCc2cccc(Nc3nc(Nc4ccc(N5CCC(N6CCN(C)CC6)CC5)cc4O[C@@H](C)F)ncc3C(F)(F)F)c2C1=O. The van der Waals surface area contributed by atoms with Crippen LogP contribution in [0.2, 0.25) is 0 Å². The number of ketones is 1. The van der Waals surface area contributed by atoms with Crippen LogP contribution in [0, 0.1) is 0 Å². The number of ether oxygens (including phenoxy) is 1. The lowest BCUT2D eigenvalue weighted by molar-refractivity contribution is -0.137. The highest BCUT2D eigenvalue weighted by atomic mass is 19.4. The van der Waals surface area contributed by atoms with Gasteiger partial charge >= 0.3 is 6.18 Å². The summed E-state index contributed by atoms with van der Waals surface area (Å²) < 4.78 is 61.9. The number of likely N-dealkylation sites (N-methyl/N-ethyl adjacent to an activating group) is 1. The second-order valence-electron chi connectivity index (χ2n) is 12.4. The summed E-state index contributed by atoms with van der Waals surface area (Å²) >= 11 is 0. The fourth-order valence-electron chi connectivity index (χ4n) is 6.45. The van der Waals surface area contributed by atoms with E-state index < -0.39 is 23.9 Å². The van der Waals surface area contributed by atoms with Crippen LogP contribution in [0.5, 0.6) is 5.75 Å². The molecule has 0 saturated carbocycles. The van der Waals surface area contributed by atoms with Crippen molar-refractivity contribution < 1.29 is 27.1 Å². The third-order valence-electron chi connectivity index (χ3n) is 9.10. The molecule has 9 nitrogen and oxygen atoms in total. The molecule has 0 amide bonds. The molecule has 1 aliphatic carbocycles. The summed E-state index contributed by atoms with van der Waals surface area (Å²) in [6.07, 6.45) is -1.42. The van der Waals surface area contributed by atoms with Crippen LogP contribution in [0.3, 0.4) is 0 Å². The Morgan fingerprint density at radius 1 is 1.00 bits per heavy atom. The molecule has 1 aromatic heterocycles. The quantitative estimate of drug-likeness (QED) is 0.262. The molecule has 0 bridgehead atoms. The molecule has 2 aromatic carbocycles. The Morgan fingerprint density at radius 2 is 1.74 bits per heavy atom. The number of Topliss-reactive ketones (excluding diaryl/α,β-unsaturated/α-hetero) is 1. The molecule has 2 N–H and O–H groups in total. The summed E-state index contributed by atoms with van der Waals surface area (Å²) in [4.78, 5) is 28.2. The molecule has 3 heterocycles. The number of nitrogens with zero attached hydrogens (tertiary/aromatic N) is 5. The monoisotopic (exact) mass is 653 g/mol. The Morgan fingerprint density at radius 3 is 2.45 bits per heavy atom. The van der Waals surface area contributed by atoms with Crippen LogP contribution < -0.4 is 20.3 Å². The lowest BCUT2D eigenvalue weighted by Crippen LogP contribution is -2.52. The van der Waals surface area contributed by atoms with Gasteiger partial charge in [0.15, 0.2) is 5.78 Å². The molecule has 2 saturated heterocycles. The molecular weight excluding hydrogens is 614 g/mol. The number of benzene rings is 2. The lowest BCUT2D eigenvalue weighted by atomic mass is 9.90. The number of halogens is 4. The molecule has 3 aliphatic rings. The average molecular weight is 654 g/mol. The Balaban J connectivity index is 1.23. The average Bonchev–Trinajstić information content (AvgIpc) is 3.03. The topological polar surface area (TPSA) is 85.9 Å². The van der Waals surface area contributed by atoms with Gasteiger partial charge in [0.25, 0.3) is 0 Å². The Labute approximate surface area is 271 Å².